The first-order valence-electron chi connectivity index (χ1n) is 6.56. The molecule has 0 atom stereocenters. The van der Waals surface area contributed by atoms with Crippen LogP contribution in [0.15, 0.2) is 33.5 Å². The van der Waals surface area contributed by atoms with Gasteiger partial charge in [-0.05, 0) is 26.2 Å². The maximum Gasteiger partial charge on any atom is 0.346 e. The van der Waals surface area contributed by atoms with Crippen LogP contribution < -0.4 is 15.7 Å². The maximum atomic E-state index is 12.1. The quantitative estimate of drug-likeness (QED) is 0.669. The number of methoxy groups -OCH3 is 1. The number of fused-ring (bicyclic) bond motifs is 1. The molecule has 112 valence electrons. The van der Waals surface area contributed by atoms with E-state index >= 15 is 0 Å². The van der Waals surface area contributed by atoms with Gasteiger partial charge in [0, 0.05) is 18.5 Å². The molecule has 1 N–H and O–H groups in total. The Morgan fingerprint density at radius 2 is 2.19 bits per heavy atom. The molecule has 0 saturated carbocycles. The van der Waals surface area contributed by atoms with Gasteiger partial charge >= 0.3 is 5.63 Å². The Balaban J connectivity index is 2.31. The van der Waals surface area contributed by atoms with Crippen molar-refractivity contribution in [2.45, 2.75) is 0 Å². The van der Waals surface area contributed by atoms with Crippen LogP contribution in [-0.4, -0.2) is 44.2 Å². The number of hydrogen-bond donors (Lipinski definition) is 1. The van der Waals surface area contributed by atoms with Crippen molar-refractivity contribution in [3.63, 3.8) is 0 Å². The lowest BCUT2D eigenvalue weighted by molar-refractivity contribution is 0.406. The molecule has 2 aromatic rings. The summed E-state index contributed by atoms with van der Waals surface area (Å²) in [5, 5.41) is 3.84. The smallest absolute Gasteiger partial charge is 0.346 e. The molecule has 0 fully saturated rings. The Labute approximate surface area is 128 Å². The molecular formula is C15H18N2O3S. The first kappa shape index (κ1) is 15.5. The zero-order chi connectivity index (χ0) is 15.4. The van der Waals surface area contributed by atoms with Crippen LogP contribution in [0.25, 0.3) is 11.0 Å². The summed E-state index contributed by atoms with van der Waals surface area (Å²) in [5.74, 6) is 0.530. The first-order valence-corrected chi connectivity index (χ1v) is 6.97. The van der Waals surface area contributed by atoms with Crippen LogP contribution in [0, 0.1) is 0 Å². The van der Waals surface area contributed by atoms with E-state index in [-0.39, 0.29) is 0 Å². The second-order valence-corrected chi connectivity index (χ2v) is 5.29. The molecule has 0 radical (unpaired) electrons. The van der Waals surface area contributed by atoms with Crippen LogP contribution in [0.1, 0.15) is 5.56 Å². The van der Waals surface area contributed by atoms with Crippen LogP contribution in [0.2, 0.25) is 0 Å². The maximum absolute atomic E-state index is 12.1. The van der Waals surface area contributed by atoms with Crippen molar-refractivity contribution in [3.05, 3.63) is 40.2 Å². The summed E-state index contributed by atoms with van der Waals surface area (Å²) in [4.78, 5) is 14.5. The Morgan fingerprint density at radius 3 is 2.86 bits per heavy atom. The number of rotatable bonds is 5. The molecule has 6 heteroatoms. The van der Waals surface area contributed by atoms with E-state index in [2.05, 4.69) is 5.32 Å². The number of benzene rings is 1. The Bertz CT molecular complexity index is 710. The molecule has 0 aliphatic carbocycles. The average molecular weight is 306 g/mol. The molecule has 1 aromatic carbocycles. The summed E-state index contributed by atoms with van der Waals surface area (Å²) in [6, 6.07) is 7.17. The molecule has 1 heterocycles. The zero-order valence-electron chi connectivity index (χ0n) is 12.3. The first-order chi connectivity index (χ1) is 10.0. The summed E-state index contributed by atoms with van der Waals surface area (Å²) < 4.78 is 10.5. The van der Waals surface area contributed by atoms with Gasteiger partial charge in [-0.15, -0.1) is 0 Å². The summed E-state index contributed by atoms with van der Waals surface area (Å²) in [5.41, 5.74) is 0.337. The molecule has 0 aliphatic heterocycles. The topological polar surface area (TPSA) is 54.7 Å². The van der Waals surface area contributed by atoms with Crippen LogP contribution >= 0.6 is 12.2 Å². The van der Waals surface area contributed by atoms with Crippen molar-refractivity contribution >= 4 is 28.2 Å². The highest BCUT2D eigenvalue weighted by atomic mass is 32.1. The van der Waals surface area contributed by atoms with Crippen molar-refractivity contribution in [1.82, 2.24) is 10.2 Å². The van der Waals surface area contributed by atoms with Crippen molar-refractivity contribution in [3.8, 4) is 5.75 Å². The summed E-state index contributed by atoms with van der Waals surface area (Å²) in [7, 11) is 5.49. The van der Waals surface area contributed by atoms with Gasteiger partial charge in [-0.25, -0.2) is 4.79 Å². The predicted molar refractivity (Wildman–Crippen MR) is 87.3 cm³/mol. The Morgan fingerprint density at radius 1 is 1.43 bits per heavy atom. The standard InChI is InChI=1S/C15H18N2O3S/c1-17(2)8-7-16-14(21)11-9-10-5-4-6-12(19-3)13(10)20-15(11)18/h4-6,9H,7-8H2,1-3H3,(H,16,21). The number of thiocarbonyl (C=S) groups is 1. The minimum absolute atomic E-state index is 0.365. The van der Waals surface area contributed by atoms with Crippen LogP contribution in [0.3, 0.4) is 0 Å². The zero-order valence-corrected chi connectivity index (χ0v) is 13.1. The van der Waals surface area contributed by atoms with E-state index in [0.29, 0.717) is 28.4 Å². The SMILES string of the molecule is COc1cccc2cc(C(=S)NCCN(C)C)c(=O)oc12. The molecular weight excluding hydrogens is 288 g/mol. The fourth-order valence-electron chi connectivity index (χ4n) is 1.93. The van der Waals surface area contributed by atoms with E-state index in [0.717, 1.165) is 11.9 Å². The molecule has 21 heavy (non-hydrogen) atoms. The molecule has 0 saturated heterocycles. The highest BCUT2D eigenvalue weighted by Crippen LogP contribution is 2.24. The summed E-state index contributed by atoms with van der Waals surface area (Å²) >= 11 is 5.26. The average Bonchev–Trinajstić information content (AvgIpc) is 2.45. The van der Waals surface area contributed by atoms with Gasteiger partial charge in [0.1, 0.15) is 4.99 Å². The van der Waals surface area contributed by atoms with Crippen molar-refractivity contribution in [2.75, 3.05) is 34.3 Å². The fraction of sp³-hybridized carbons (Fsp3) is 0.333. The molecule has 2 rings (SSSR count). The van der Waals surface area contributed by atoms with Crippen LogP contribution in [0.5, 0.6) is 5.75 Å². The van der Waals surface area contributed by atoms with Gasteiger partial charge in [0.25, 0.3) is 0 Å². The Kier molecular flexibility index (Phi) is 4.93. The predicted octanol–water partition coefficient (Wildman–Crippen LogP) is 1.63. The highest BCUT2D eigenvalue weighted by molar-refractivity contribution is 7.80. The number of nitrogens with zero attached hydrogens (tertiary/aromatic N) is 1. The van der Waals surface area contributed by atoms with E-state index in [1.807, 2.05) is 31.1 Å². The normalized spacial score (nSPS) is 10.9. The van der Waals surface area contributed by atoms with Crippen molar-refractivity contribution < 1.29 is 9.15 Å². The van der Waals surface area contributed by atoms with Gasteiger partial charge in [0.05, 0.1) is 12.7 Å². The summed E-state index contributed by atoms with van der Waals surface area (Å²) in [6.07, 6.45) is 0. The number of ether oxygens (including phenoxy) is 1. The second kappa shape index (κ2) is 6.69. The number of likely N-dealkylation sites (N-methyl/N-ethyl adjacent to an activating group) is 1. The third kappa shape index (κ3) is 3.59. The minimum atomic E-state index is -0.464. The van der Waals surface area contributed by atoms with E-state index in [1.54, 1.807) is 12.1 Å². The number of hydrogen-bond acceptors (Lipinski definition) is 5. The highest BCUT2D eigenvalue weighted by Gasteiger charge is 2.12. The molecule has 5 nitrogen and oxygen atoms in total. The summed E-state index contributed by atoms with van der Waals surface area (Å²) in [6.45, 7) is 1.49. The van der Waals surface area contributed by atoms with E-state index in [1.165, 1.54) is 7.11 Å². The lowest BCUT2D eigenvalue weighted by Gasteiger charge is -2.12. The van der Waals surface area contributed by atoms with Gasteiger partial charge in [-0.1, -0.05) is 24.4 Å². The lowest BCUT2D eigenvalue weighted by Crippen LogP contribution is -2.33. The monoisotopic (exact) mass is 306 g/mol. The molecule has 1 aromatic heterocycles. The van der Waals surface area contributed by atoms with Gasteiger partial charge in [0.15, 0.2) is 11.3 Å². The number of nitrogens with one attached hydrogen (secondary N) is 1. The lowest BCUT2D eigenvalue weighted by atomic mass is 10.1. The van der Waals surface area contributed by atoms with E-state index < -0.39 is 5.63 Å². The number of para-hydroxylation sites is 1. The third-order valence-corrected chi connectivity index (χ3v) is 3.40. The second-order valence-electron chi connectivity index (χ2n) is 4.89. The van der Waals surface area contributed by atoms with Gasteiger partial charge in [-0.3, -0.25) is 0 Å². The molecule has 0 unspecified atom stereocenters. The van der Waals surface area contributed by atoms with Gasteiger partial charge < -0.3 is 19.4 Å². The minimum Gasteiger partial charge on any atom is -0.493 e. The molecule has 0 bridgehead atoms. The largest absolute Gasteiger partial charge is 0.493 e. The third-order valence-electron chi connectivity index (χ3n) is 3.03. The Hall–Kier alpha value is -1.92. The molecule has 0 spiro atoms. The molecule has 0 amide bonds. The van der Waals surface area contributed by atoms with Gasteiger partial charge in [-0.2, -0.15) is 0 Å². The van der Waals surface area contributed by atoms with Crippen LogP contribution in [0.4, 0.5) is 0 Å². The van der Waals surface area contributed by atoms with Crippen LogP contribution in [-0.2, 0) is 0 Å². The molecule has 0 aliphatic rings. The van der Waals surface area contributed by atoms with E-state index in [9.17, 15) is 4.79 Å². The van der Waals surface area contributed by atoms with E-state index in [4.69, 9.17) is 21.4 Å². The van der Waals surface area contributed by atoms with Crippen molar-refractivity contribution in [2.24, 2.45) is 0 Å². The fourth-order valence-corrected chi connectivity index (χ4v) is 2.17. The van der Waals surface area contributed by atoms with Gasteiger partial charge in [0.2, 0.25) is 0 Å². The van der Waals surface area contributed by atoms with Crippen molar-refractivity contribution in [1.29, 1.82) is 0 Å².